The van der Waals surface area contributed by atoms with Crippen LogP contribution in [-0.4, -0.2) is 37.2 Å². The van der Waals surface area contributed by atoms with Gasteiger partial charge in [0.15, 0.2) is 5.82 Å². The maximum absolute atomic E-state index is 12.3. The number of pyridine rings is 1. The first-order valence-electron chi connectivity index (χ1n) is 8.57. The van der Waals surface area contributed by atoms with Crippen LogP contribution in [0.2, 0.25) is 0 Å². The van der Waals surface area contributed by atoms with Crippen LogP contribution in [0.3, 0.4) is 0 Å². The quantitative estimate of drug-likeness (QED) is 0.733. The predicted octanol–water partition coefficient (Wildman–Crippen LogP) is 1.16. The maximum Gasteiger partial charge on any atom is 0.254 e. The van der Waals surface area contributed by atoms with Gasteiger partial charge in [0.05, 0.1) is 23.5 Å². The molecule has 3 aromatic rings. The lowest BCUT2D eigenvalue weighted by Gasteiger charge is -2.04. The van der Waals surface area contributed by atoms with Gasteiger partial charge in [-0.1, -0.05) is 6.07 Å². The van der Waals surface area contributed by atoms with Gasteiger partial charge < -0.3 is 10.6 Å². The fourth-order valence-electron chi connectivity index (χ4n) is 2.85. The van der Waals surface area contributed by atoms with Gasteiger partial charge in [-0.2, -0.15) is 5.10 Å². The molecule has 4 rings (SSSR count). The van der Waals surface area contributed by atoms with Gasteiger partial charge in [0.2, 0.25) is 0 Å². The minimum atomic E-state index is -0.223. The van der Waals surface area contributed by atoms with E-state index in [9.17, 15) is 4.79 Å². The van der Waals surface area contributed by atoms with Crippen molar-refractivity contribution in [1.29, 1.82) is 0 Å². The van der Waals surface area contributed by atoms with E-state index < -0.39 is 0 Å². The zero-order valence-corrected chi connectivity index (χ0v) is 14.2. The predicted molar refractivity (Wildman–Crippen MR) is 95.0 cm³/mol. The van der Waals surface area contributed by atoms with Crippen LogP contribution in [-0.2, 0) is 19.6 Å². The van der Waals surface area contributed by atoms with Crippen LogP contribution in [0.25, 0.3) is 11.5 Å². The Morgan fingerprint density at radius 1 is 1.23 bits per heavy atom. The highest BCUT2D eigenvalue weighted by Gasteiger charge is 2.13. The third-order valence-corrected chi connectivity index (χ3v) is 4.18. The second kappa shape index (κ2) is 7.40. The second-order valence-corrected chi connectivity index (χ2v) is 6.07. The number of amides is 1. The summed E-state index contributed by atoms with van der Waals surface area (Å²) in [6.45, 7) is 3.09. The molecule has 1 aliphatic rings. The molecular formula is C18H19N7O. The Hall–Kier alpha value is -3.13. The molecule has 0 bridgehead atoms. The summed E-state index contributed by atoms with van der Waals surface area (Å²) in [5, 5.41) is 10.8. The Labute approximate surface area is 150 Å². The van der Waals surface area contributed by atoms with E-state index in [1.54, 1.807) is 6.20 Å². The highest BCUT2D eigenvalue weighted by atomic mass is 16.1. The van der Waals surface area contributed by atoms with E-state index in [1.165, 1.54) is 12.4 Å². The van der Waals surface area contributed by atoms with Crippen LogP contribution in [0, 0.1) is 0 Å². The summed E-state index contributed by atoms with van der Waals surface area (Å²) in [5.41, 5.74) is 3.08. The molecule has 3 aromatic heterocycles. The molecule has 0 atom stereocenters. The average molecular weight is 349 g/mol. The number of aryl methyl sites for hydroxylation is 1. The fourth-order valence-corrected chi connectivity index (χ4v) is 2.85. The molecule has 1 aliphatic heterocycles. The molecule has 0 saturated carbocycles. The van der Waals surface area contributed by atoms with E-state index >= 15 is 0 Å². The number of hydrogen-bond acceptors (Lipinski definition) is 6. The van der Waals surface area contributed by atoms with Gasteiger partial charge in [-0.05, 0) is 31.2 Å². The van der Waals surface area contributed by atoms with Gasteiger partial charge in [0.1, 0.15) is 5.69 Å². The average Bonchev–Trinajstić information content (AvgIpc) is 2.96. The molecule has 132 valence electrons. The first-order valence-corrected chi connectivity index (χ1v) is 8.57. The Balaban J connectivity index is 1.39. The highest BCUT2D eigenvalue weighted by Crippen LogP contribution is 2.11. The van der Waals surface area contributed by atoms with Crippen molar-refractivity contribution in [2.24, 2.45) is 0 Å². The third kappa shape index (κ3) is 3.60. The van der Waals surface area contributed by atoms with Gasteiger partial charge in [0, 0.05) is 31.7 Å². The molecule has 1 amide bonds. The zero-order valence-electron chi connectivity index (χ0n) is 14.2. The van der Waals surface area contributed by atoms with Crippen molar-refractivity contribution in [2.45, 2.75) is 26.1 Å². The minimum Gasteiger partial charge on any atom is -0.346 e. The molecule has 8 heteroatoms. The van der Waals surface area contributed by atoms with Crippen LogP contribution < -0.4 is 10.6 Å². The van der Waals surface area contributed by atoms with E-state index in [4.69, 9.17) is 0 Å². The molecule has 0 spiro atoms. The molecule has 0 radical (unpaired) electrons. The molecular weight excluding hydrogens is 330 g/mol. The molecule has 8 nitrogen and oxygen atoms in total. The normalized spacial score (nSPS) is 13.7. The fraction of sp³-hybridized carbons (Fsp3) is 0.278. The standard InChI is InChI=1S/C18H19N7O/c26-18(13-9-21-17(22-10-13)16-4-1-2-6-20-16)23-11-14-8-15-12-19-5-3-7-25(15)24-14/h1-2,4,6,8-10,19H,3,5,7,11-12H2,(H,23,26). The third-order valence-electron chi connectivity index (χ3n) is 4.18. The van der Waals surface area contributed by atoms with Crippen molar-refractivity contribution in [2.75, 3.05) is 6.54 Å². The molecule has 2 N–H and O–H groups in total. The summed E-state index contributed by atoms with van der Waals surface area (Å²) < 4.78 is 2.01. The largest absolute Gasteiger partial charge is 0.346 e. The monoisotopic (exact) mass is 349 g/mol. The molecule has 0 saturated heterocycles. The zero-order chi connectivity index (χ0) is 17.8. The number of nitrogens with zero attached hydrogens (tertiary/aromatic N) is 5. The number of nitrogens with one attached hydrogen (secondary N) is 2. The van der Waals surface area contributed by atoms with Gasteiger partial charge in [-0.3, -0.25) is 14.5 Å². The molecule has 26 heavy (non-hydrogen) atoms. The SMILES string of the molecule is O=C(NCc1cc2n(n1)CCCNC2)c1cnc(-c2ccccn2)nc1. The Kier molecular flexibility index (Phi) is 4.65. The van der Waals surface area contributed by atoms with E-state index in [2.05, 4.69) is 30.7 Å². The summed E-state index contributed by atoms with van der Waals surface area (Å²) in [6.07, 6.45) is 5.76. The number of aromatic nitrogens is 5. The van der Waals surface area contributed by atoms with Gasteiger partial charge in [-0.15, -0.1) is 0 Å². The topological polar surface area (TPSA) is 97.6 Å². The maximum atomic E-state index is 12.3. The summed E-state index contributed by atoms with van der Waals surface area (Å²) in [6, 6.07) is 7.55. The van der Waals surface area contributed by atoms with E-state index in [0.29, 0.717) is 23.6 Å². The van der Waals surface area contributed by atoms with E-state index in [-0.39, 0.29) is 5.91 Å². The minimum absolute atomic E-state index is 0.223. The van der Waals surface area contributed by atoms with Crippen LogP contribution in [0.5, 0.6) is 0 Å². The Morgan fingerprint density at radius 2 is 2.12 bits per heavy atom. The highest BCUT2D eigenvalue weighted by molar-refractivity contribution is 5.93. The van der Waals surface area contributed by atoms with Gasteiger partial charge in [-0.25, -0.2) is 9.97 Å². The van der Waals surface area contributed by atoms with Crippen molar-refractivity contribution < 1.29 is 4.79 Å². The number of carbonyl (C=O) groups is 1. The summed E-state index contributed by atoms with van der Waals surface area (Å²) >= 11 is 0. The first-order chi connectivity index (χ1) is 12.8. The van der Waals surface area contributed by atoms with Crippen molar-refractivity contribution in [3.63, 3.8) is 0 Å². The van der Waals surface area contributed by atoms with Crippen molar-refractivity contribution >= 4 is 5.91 Å². The lowest BCUT2D eigenvalue weighted by molar-refractivity contribution is 0.0949. The molecule has 4 heterocycles. The van der Waals surface area contributed by atoms with E-state index in [0.717, 1.165) is 37.4 Å². The molecule has 0 unspecified atom stereocenters. The summed E-state index contributed by atoms with van der Waals surface area (Å²) in [7, 11) is 0. The number of carbonyl (C=O) groups excluding carboxylic acids is 1. The van der Waals surface area contributed by atoms with Gasteiger partial charge >= 0.3 is 0 Å². The van der Waals surface area contributed by atoms with Crippen molar-refractivity contribution in [3.05, 3.63) is 59.8 Å². The summed E-state index contributed by atoms with van der Waals surface area (Å²) in [4.78, 5) is 25.0. The van der Waals surface area contributed by atoms with Crippen LogP contribution in [0.15, 0.2) is 42.9 Å². The number of rotatable bonds is 4. The lowest BCUT2D eigenvalue weighted by Crippen LogP contribution is -2.23. The number of fused-ring (bicyclic) bond motifs is 1. The molecule has 0 fully saturated rings. The van der Waals surface area contributed by atoms with Crippen molar-refractivity contribution in [1.82, 2.24) is 35.4 Å². The van der Waals surface area contributed by atoms with E-state index in [1.807, 2.05) is 28.9 Å². The van der Waals surface area contributed by atoms with Crippen LogP contribution in [0.1, 0.15) is 28.2 Å². The van der Waals surface area contributed by atoms with Gasteiger partial charge in [0.25, 0.3) is 5.91 Å². The lowest BCUT2D eigenvalue weighted by atomic mass is 10.3. The van der Waals surface area contributed by atoms with Crippen LogP contribution in [0.4, 0.5) is 0 Å². The van der Waals surface area contributed by atoms with Crippen LogP contribution >= 0.6 is 0 Å². The Morgan fingerprint density at radius 3 is 2.92 bits per heavy atom. The second-order valence-electron chi connectivity index (χ2n) is 6.07. The molecule has 0 aromatic carbocycles. The Bertz CT molecular complexity index is 866. The summed E-state index contributed by atoms with van der Waals surface area (Å²) in [5.74, 6) is 0.270. The van der Waals surface area contributed by atoms with Crippen molar-refractivity contribution in [3.8, 4) is 11.5 Å². The first kappa shape index (κ1) is 16.3. The smallest absolute Gasteiger partial charge is 0.254 e. The number of hydrogen-bond donors (Lipinski definition) is 2. The molecule has 0 aliphatic carbocycles.